The molecule has 0 aromatic heterocycles. The Morgan fingerprint density at radius 3 is 2.15 bits per heavy atom. The number of anilines is 1. The van der Waals surface area contributed by atoms with Gasteiger partial charge in [-0.25, -0.2) is 4.79 Å². The molecule has 0 atom stereocenters. The van der Waals surface area contributed by atoms with Crippen molar-refractivity contribution in [2.45, 2.75) is 46.1 Å². The van der Waals surface area contributed by atoms with E-state index >= 15 is 0 Å². The number of nitrogens with one attached hydrogen (secondary N) is 2. The highest BCUT2D eigenvalue weighted by atomic mass is 16.6. The van der Waals surface area contributed by atoms with Gasteiger partial charge in [-0.2, -0.15) is 0 Å². The number of amides is 2. The Kier molecular flexibility index (Phi) is 6.23. The number of hydrogen-bond donors (Lipinski definition) is 2. The Morgan fingerprint density at radius 2 is 1.65 bits per heavy atom. The van der Waals surface area contributed by atoms with Crippen LogP contribution in [0.2, 0.25) is 0 Å². The average Bonchev–Trinajstić information content (AvgIpc) is 2.58. The van der Waals surface area contributed by atoms with Gasteiger partial charge < -0.3 is 9.64 Å². The molecule has 0 saturated carbocycles. The van der Waals surface area contributed by atoms with Gasteiger partial charge in [-0.1, -0.05) is 0 Å². The molecule has 1 aromatic carbocycles. The molecular weight excluding hydrogens is 334 g/mol. The number of nitrogens with zero attached hydrogens (tertiary/aromatic N) is 1. The van der Waals surface area contributed by atoms with E-state index in [9.17, 15) is 14.4 Å². The highest BCUT2D eigenvalue weighted by Crippen LogP contribution is 2.20. The van der Waals surface area contributed by atoms with E-state index in [0.29, 0.717) is 37.2 Å². The molecule has 0 unspecified atom stereocenters. The van der Waals surface area contributed by atoms with Crippen LogP contribution in [0.15, 0.2) is 24.3 Å². The first kappa shape index (κ1) is 19.8. The van der Waals surface area contributed by atoms with E-state index in [1.807, 2.05) is 20.8 Å². The molecule has 0 aliphatic carbocycles. The zero-order valence-corrected chi connectivity index (χ0v) is 15.8. The molecule has 2 amide bonds. The summed E-state index contributed by atoms with van der Waals surface area (Å²) in [6, 6.07) is 6.89. The number of carbonyl (C=O) groups excluding carboxylic acids is 3. The van der Waals surface area contributed by atoms with E-state index in [4.69, 9.17) is 4.74 Å². The lowest BCUT2D eigenvalue weighted by Gasteiger charge is -2.32. The highest BCUT2D eigenvalue weighted by Gasteiger charge is 2.29. The maximum absolute atomic E-state index is 12.3. The van der Waals surface area contributed by atoms with Gasteiger partial charge in [0.15, 0.2) is 5.78 Å². The lowest BCUT2D eigenvalue weighted by atomic mass is 9.96. The monoisotopic (exact) mass is 361 g/mol. The molecule has 1 fully saturated rings. The van der Waals surface area contributed by atoms with Crippen LogP contribution >= 0.6 is 0 Å². The topological polar surface area (TPSA) is 87.7 Å². The predicted molar refractivity (Wildman–Crippen MR) is 98.7 cm³/mol. The maximum atomic E-state index is 12.3. The summed E-state index contributed by atoms with van der Waals surface area (Å²) in [5.41, 5.74) is 6.35. The van der Waals surface area contributed by atoms with Crippen LogP contribution in [0.1, 0.15) is 50.9 Å². The van der Waals surface area contributed by atoms with Gasteiger partial charge in [0.25, 0.3) is 0 Å². The molecule has 2 rings (SSSR count). The van der Waals surface area contributed by atoms with Crippen molar-refractivity contribution < 1.29 is 19.1 Å². The summed E-state index contributed by atoms with van der Waals surface area (Å²) in [7, 11) is 0. The van der Waals surface area contributed by atoms with Gasteiger partial charge in [0.2, 0.25) is 5.91 Å². The molecular formula is C19H27N3O4. The van der Waals surface area contributed by atoms with E-state index in [1.165, 1.54) is 6.92 Å². The number of piperidine rings is 1. The molecule has 0 bridgehead atoms. The standard InChI is InChI=1S/C19H27N3O4/c1-13(23)14-5-7-16(8-6-14)20-21-17(24)15-9-11-22(12-10-15)18(25)26-19(2,3)4/h5-8,15,20H,9-12H2,1-4H3,(H,21,24). The Bertz CT molecular complexity index is 656. The second-order valence-electron chi connectivity index (χ2n) is 7.49. The Hall–Kier alpha value is -2.57. The fraction of sp³-hybridized carbons (Fsp3) is 0.526. The van der Waals surface area contributed by atoms with E-state index in [1.54, 1.807) is 29.2 Å². The average molecular weight is 361 g/mol. The van der Waals surface area contributed by atoms with Crippen molar-refractivity contribution in [1.29, 1.82) is 0 Å². The Labute approximate surface area is 154 Å². The van der Waals surface area contributed by atoms with Gasteiger partial charge in [-0.05, 0) is 64.8 Å². The number of likely N-dealkylation sites (tertiary alicyclic amines) is 1. The van der Waals surface area contributed by atoms with Crippen LogP contribution < -0.4 is 10.9 Å². The normalized spacial score (nSPS) is 15.3. The molecule has 7 nitrogen and oxygen atoms in total. The summed E-state index contributed by atoms with van der Waals surface area (Å²) in [5.74, 6) is -0.264. The molecule has 2 N–H and O–H groups in total. The van der Waals surface area contributed by atoms with E-state index in [0.717, 1.165) is 0 Å². The smallest absolute Gasteiger partial charge is 0.410 e. The van der Waals surface area contributed by atoms with Crippen molar-refractivity contribution in [1.82, 2.24) is 10.3 Å². The quantitative estimate of drug-likeness (QED) is 0.636. The summed E-state index contributed by atoms with van der Waals surface area (Å²) in [6.07, 6.45) is 0.853. The number of ketones is 1. The summed E-state index contributed by atoms with van der Waals surface area (Å²) >= 11 is 0. The minimum absolute atomic E-state index is 0.00247. The predicted octanol–water partition coefficient (Wildman–Crippen LogP) is 2.98. The molecule has 1 aliphatic heterocycles. The number of ether oxygens (including phenoxy) is 1. The third-order valence-corrected chi connectivity index (χ3v) is 4.14. The van der Waals surface area contributed by atoms with E-state index in [2.05, 4.69) is 10.9 Å². The van der Waals surface area contributed by atoms with Gasteiger partial charge in [-0.3, -0.25) is 20.4 Å². The molecule has 26 heavy (non-hydrogen) atoms. The molecule has 142 valence electrons. The number of Topliss-reactive ketones (excluding diaryl/α,β-unsaturated/α-hetero) is 1. The maximum Gasteiger partial charge on any atom is 0.410 e. The Balaban J connectivity index is 1.77. The van der Waals surface area contributed by atoms with Crippen LogP contribution in [0.25, 0.3) is 0 Å². The first-order chi connectivity index (χ1) is 12.2. The van der Waals surface area contributed by atoms with Crippen LogP contribution in [0.4, 0.5) is 10.5 Å². The Morgan fingerprint density at radius 1 is 1.08 bits per heavy atom. The number of benzene rings is 1. The van der Waals surface area contributed by atoms with Gasteiger partial charge in [0, 0.05) is 24.6 Å². The van der Waals surface area contributed by atoms with Crippen molar-refractivity contribution in [3.63, 3.8) is 0 Å². The first-order valence-electron chi connectivity index (χ1n) is 8.80. The second kappa shape index (κ2) is 8.21. The van der Waals surface area contributed by atoms with Crippen molar-refractivity contribution in [3.8, 4) is 0 Å². The molecule has 1 heterocycles. The van der Waals surface area contributed by atoms with E-state index < -0.39 is 5.60 Å². The zero-order valence-electron chi connectivity index (χ0n) is 15.8. The minimum Gasteiger partial charge on any atom is -0.444 e. The fourth-order valence-corrected chi connectivity index (χ4v) is 2.67. The minimum atomic E-state index is -0.521. The van der Waals surface area contributed by atoms with Gasteiger partial charge in [-0.15, -0.1) is 0 Å². The summed E-state index contributed by atoms with van der Waals surface area (Å²) < 4.78 is 5.35. The largest absolute Gasteiger partial charge is 0.444 e. The van der Waals surface area contributed by atoms with Crippen molar-refractivity contribution in [2.75, 3.05) is 18.5 Å². The molecule has 0 spiro atoms. The molecule has 0 radical (unpaired) electrons. The van der Waals surface area contributed by atoms with Crippen molar-refractivity contribution in [3.05, 3.63) is 29.8 Å². The van der Waals surface area contributed by atoms with Gasteiger partial charge in [0.1, 0.15) is 5.60 Å². The van der Waals surface area contributed by atoms with Crippen molar-refractivity contribution >= 4 is 23.5 Å². The second-order valence-corrected chi connectivity index (χ2v) is 7.49. The molecule has 1 aromatic rings. The van der Waals surface area contributed by atoms with Crippen LogP contribution in [-0.4, -0.2) is 41.4 Å². The summed E-state index contributed by atoms with van der Waals surface area (Å²) in [6.45, 7) is 8.01. The van der Waals surface area contributed by atoms with Crippen LogP contribution in [0.3, 0.4) is 0 Å². The van der Waals surface area contributed by atoms with Crippen LogP contribution in [0, 0.1) is 5.92 Å². The lowest BCUT2D eigenvalue weighted by molar-refractivity contribution is -0.125. The third-order valence-electron chi connectivity index (χ3n) is 4.14. The fourth-order valence-electron chi connectivity index (χ4n) is 2.67. The number of rotatable bonds is 4. The number of hydrazine groups is 1. The third kappa shape index (κ3) is 5.75. The van der Waals surface area contributed by atoms with Crippen molar-refractivity contribution in [2.24, 2.45) is 5.92 Å². The van der Waals surface area contributed by atoms with Crippen LogP contribution in [0.5, 0.6) is 0 Å². The summed E-state index contributed by atoms with van der Waals surface area (Å²) in [5, 5.41) is 0. The highest BCUT2D eigenvalue weighted by molar-refractivity contribution is 5.94. The molecule has 7 heteroatoms. The number of hydrogen-bond acceptors (Lipinski definition) is 5. The summed E-state index contributed by atoms with van der Waals surface area (Å²) in [4.78, 5) is 37.2. The SMILES string of the molecule is CC(=O)c1ccc(NNC(=O)C2CCN(C(=O)OC(C)(C)C)CC2)cc1. The first-order valence-corrected chi connectivity index (χ1v) is 8.80. The number of carbonyl (C=O) groups is 3. The van der Waals surface area contributed by atoms with Gasteiger partial charge in [0.05, 0.1) is 5.69 Å². The van der Waals surface area contributed by atoms with Gasteiger partial charge >= 0.3 is 6.09 Å². The molecule has 1 aliphatic rings. The lowest BCUT2D eigenvalue weighted by Crippen LogP contribution is -2.45. The molecule has 1 saturated heterocycles. The zero-order chi connectivity index (χ0) is 19.3. The van der Waals surface area contributed by atoms with Crippen LogP contribution in [-0.2, 0) is 9.53 Å². The van der Waals surface area contributed by atoms with E-state index in [-0.39, 0.29) is 23.7 Å².